The number of para-hydroxylation sites is 1. The Balaban J connectivity index is 1.66. The van der Waals surface area contributed by atoms with Crippen molar-refractivity contribution in [3.63, 3.8) is 0 Å². The maximum absolute atomic E-state index is 12.2. The van der Waals surface area contributed by atoms with E-state index in [1.54, 1.807) is 0 Å². The molecule has 2 amide bonds. The minimum atomic E-state index is -0.664. The van der Waals surface area contributed by atoms with Crippen LogP contribution in [0.3, 0.4) is 0 Å². The van der Waals surface area contributed by atoms with Crippen LogP contribution < -0.4 is 11.1 Å². The molecule has 1 aromatic carbocycles. The highest BCUT2D eigenvalue weighted by atomic mass is 16.2. The molecule has 1 fully saturated rings. The molecule has 0 radical (unpaired) electrons. The summed E-state index contributed by atoms with van der Waals surface area (Å²) >= 11 is 0. The zero-order valence-electron chi connectivity index (χ0n) is 13.2. The summed E-state index contributed by atoms with van der Waals surface area (Å²) in [6.45, 7) is 0. The third-order valence-electron chi connectivity index (χ3n) is 4.73. The standard InChI is InChI=1S/C18H23N3O2/c19-18(23)16(21-17(22)9-12-5-1-2-6-12)10-13-11-20-15-8-4-3-7-14(13)15/h3-4,7-8,11-12,16,20H,1-2,5-6,9-10H2,(H2,19,23)(H,21,22)/t16-/m0/s1. The minimum absolute atomic E-state index is 0.0689. The number of benzene rings is 1. The predicted molar refractivity (Wildman–Crippen MR) is 89.7 cm³/mol. The average molecular weight is 313 g/mol. The quantitative estimate of drug-likeness (QED) is 0.764. The summed E-state index contributed by atoms with van der Waals surface area (Å²) < 4.78 is 0. The second-order valence-corrected chi connectivity index (χ2v) is 6.44. The molecular weight excluding hydrogens is 290 g/mol. The van der Waals surface area contributed by atoms with Crippen molar-refractivity contribution in [2.75, 3.05) is 0 Å². The molecule has 1 heterocycles. The van der Waals surface area contributed by atoms with Gasteiger partial charge >= 0.3 is 0 Å². The van der Waals surface area contributed by atoms with Crippen molar-refractivity contribution in [3.05, 3.63) is 36.0 Å². The maximum Gasteiger partial charge on any atom is 0.240 e. The number of primary amides is 1. The number of amides is 2. The molecule has 3 rings (SSSR count). The number of hydrogen-bond acceptors (Lipinski definition) is 2. The van der Waals surface area contributed by atoms with E-state index in [9.17, 15) is 9.59 Å². The zero-order chi connectivity index (χ0) is 16.2. The van der Waals surface area contributed by atoms with Crippen LogP contribution in [0.25, 0.3) is 10.9 Å². The lowest BCUT2D eigenvalue weighted by Crippen LogP contribution is -2.46. The maximum atomic E-state index is 12.2. The molecule has 1 atom stereocenters. The van der Waals surface area contributed by atoms with Gasteiger partial charge < -0.3 is 16.0 Å². The fourth-order valence-electron chi connectivity index (χ4n) is 3.47. The van der Waals surface area contributed by atoms with Gasteiger partial charge in [-0.05, 0) is 30.4 Å². The van der Waals surface area contributed by atoms with Crippen molar-refractivity contribution >= 4 is 22.7 Å². The van der Waals surface area contributed by atoms with Gasteiger partial charge in [0.1, 0.15) is 6.04 Å². The van der Waals surface area contributed by atoms with Crippen LogP contribution in [0.1, 0.15) is 37.7 Å². The summed E-state index contributed by atoms with van der Waals surface area (Å²) in [7, 11) is 0. The van der Waals surface area contributed by atoms with Gasteiger partial charge in [-0.25, -0.2) is 0 Å². The van der Waals surface area contributed by atoms with Gasteiger partial charge in [-0.1, -0.05) is 31.0 Å². The fraction of sp³-hybridized carbons (Fsp3) is 0.444. The Bertz CT molecular complexity index is 701. The predicted octanol–water partition coefficient (Wildman–Crippen LogP) is 2.26. The van der Waals surface area contributed by atoms with Crippen molar-refractivity contribution in [3.8, 4) is 0 Å². The fourth-order valence-corrected chi connectivity index (χ4v) is 3.47. The zero-order valence-corrected chi connectivity index (χ0v) is 13.2. The van der Waals surface area contributed by atoms with Crippen molar-refractivity contribution < 1.29 is 9.59 Å². The van der Waals surface area contributed by atoms with Gasteiger partial charge in [-0.2, -0.15) is 0 Å². The summed E-state index contributed by atoms with van der Waals surface area (Å²) in [5.74, 6) is -0.104. The number of carbonyl (C=O) groups is 2. The second kappa shape index (κ2) is 6.86. The number of fused-ring (bicyclic) bond motifs is 1. The molecule has 1 aliphatic rings. The Morgan fingerprint density at radius 3 is 2.74 bits per heavy atom. The molecule has 0 spiro atoms. The van der Waals surface area contributed by atoms with E-state index < -0.39 is 11.9 Å². The van der Waals surface area contributed by atoms with Gasteiger partial charge in [0.05, 0.1) is 0 Å². The molecule has 5 heteroatoms. The number of hydrogen-bond donors (Lipinski definition) is 3. The Morgan fingerprint density at radius 1 is 1.26 bits per heavy atom. The second-order valence-electron chi connectivity index (χ2n) is 6.44. The summed E-state index contributed by atoms with van der Waals surface area (Å²) in [6.07, 6.45) is 7.41. The van der Waals surface area contributed by atoms with Crippen molar-refractivity contribution in [1.82, 2.24) is 10.3 Å². The smallest absolute Gasteiger partial charge is 0.240 e. The number of aromatic nitrogens is 1. The first kappa shape index (κ1) is 15.6. The van der Waals surface area contributed by atoms with Crippen LogP contribution in [0.2, 0.25) is 0 Å². The van der Waals surface area contributed by atoms with E-state index in [1.165, 1.54) is 12.8 Å². The van der Waals surface area contributed by atoms with Crippen LogP contribution in [0.15, 0.2) is 30.5 Å². The Morgan fingerprint density at radius 2 is 2.00 bits per heavy atom. The topological polar surface area (TPSA) is 88.0 Å². The molecule has 0 saturated heterocycles. The number of rotatable bonds is 6. The summed E-state index contributed by atoms with van der Waals surface area (Å²) in [5, 5.41) is 3.88. The Hall–Kier alpha value is -2.30. The first-order valence-electron chi connectivity index (χ1n) is 8.27. The number of H-pyrrole nitrogens is 1. The molecule has 23 heavy (non-hydrogen) atoms. The first-order chi connectivity index (χ1) is 11.1. The van der Waals surface area contributed by atoms with Crippen molar-refractivity contribution in [2.24, 2.45) is 11.7 Å². The van der Waals surface area contributed by atoms with Crippen LogP contribution in [-0.2, 0) is 16.0 Å². The van der Waals surface area contributed by atoms with Gasteiger partial charge in [0, 0.05) is 29.9 Å². The molecule has 0 aliphatic heterocycles. The molecule has 1 aromatic heterocycles. The van der Waals surface area contributed by atoms with Crippen LogP contribution >= 0.6 is 0 Å². The van der Waals surface area contributed by atoms with Crippen LogP contribution in [0, 0.1) is 5.92 Å². The molecule has 122 valence electrons. The Labute approximate surface area is 135 Å². The first-order valence-corrected chi connectivity index (χ1v) is 8.27. The SMILES string of the molecule is NC(=O)[C@H](Cc1c[nH]c2ccccc12)NC(=O)CC1CCCC1. The average Bonchev–Trinajstić information content (AvgIpc) is 3.16. The molecule has 0 unspecified atom stereocenters. The third kappa shape index (κ3) is 3.73. The number of carbonyl (C=O) groups excluding carboxylic acids is 2. The van der Waals surface area contributed by atoms with E-state index in [0.717, 1.165) is 29.3 Å². The van der Waals surface area contributed by atoms with E-state index in [0.29, 0.717) is 18.8 Å². The highest BCUT2D eigenvalue weighted by Crippen LogP contribution is 2.27. The van der Waals surface area contributed by atoms with Crippen LogP contribution in [-0.4, -0.2) is 22.8 Å². The lowest BCUT2D eigenvalue weighted by molar-refractivity contribution is -0.127. The van der Waals surface area contributed by atoms with Crippen LogP contribution in [0.4, 0.5) is 0 Å². The lowest BCUT2D eigenvalue weighted by Gasteiger charge is -2.17. The Kier molecular flexibility index (Phi) is 4.65. The largest absolute Gasteiger partial charge is 0.368 e. The number of aromatic amines is 1. The highest BCUT2D eigenvalue weighted by Gasteiger charge is 2.23. The summed E-state index contributed by atoms with van der Waals surface area (Å²) in [4.78, 5) is 27.1. The van der Waals surface area contributed by atoms with Gasteiger partial charge in [0.2, 0.25) is 11.8 Å². The number of nitrogens with one attached hydrogen (secondary N) is 2. The van der Waals surface area contributed by atoms with E-state index in [1.807, 2.05) is 30.5 Å². The molecule has 4 N–H and O–H groups in total. The highest BCUT2D eigenvalue weighted by molar-refractivity contribution is 5.88. The molecule has 1 saturated carbocycles. The molecule has 2 aromatic rings. The number of nitrogens with two attached hydrogens (primary N) is 1. The van der Waals surface area contributed by atoms with Gasteiger partial charge in [0.25, 0.3) is 0 Å². The molecule has 5 nitrogen and oxygen atoms in total. The van der Waals surface area contributed by atoms with E-state index in [4.69, 9.17) is 5.73 Å². The molecule has 0 bridgehead atoms. The third-order valence-corrected chi connectivity index (χ3v) is 4.73. The minimum Gasteiger partial charge on any atom is -0.368 e. The van der Waals surface area contributed by atoms with Crippen molar-refractivity contribution in [2.45, 2.75) is 44.6 Å². The van der Waals surface area contributed by atoms with E-state index >= 15 is 0 Å². The van der Waals surface area contributed by atoms with Gasteiger partial charge in [-0.15, -0.1) is 0 Å². The van der Waals surface area contributed by atoms with E-state index in [2.05, 4.69) is 10.3 Å². The summed E-state index contributed by atoms with van der Waals surface area (Å²) in [5.41, 5.74) is 7.50. The normalized spacial score (nSPS) is 16.5. The molecule has 1 aliphatic carbocycles. The monoisotopic (exact) mass is 313 g/mol. The lowest BCUT2D eigenvalue weighted by atomic mass is 10.0. The summed E-state index contributed by atoms with van der Waals surface area (Å²) in [6, 6.07) is 7.23. The molecular formula is C18H23N3O2. The van der Waals surface area contributed by atoms with Gasteiger partial charge in [-0.3, -0.25) is 9.59 Å². The van der Waals surface area contributed by atoms with E-state index in [-0.39, 0.29) is 5.91 Å². The van der Waals surface area contributed by atoms with Crippen LogP contribution in [0.5, 0.6) is 0 Å². The van der Waals surface area contributed by atoms with Gasteiger partial charge in [0.15, 0.2) is 0 Å². The van der Waals surface area contributed by atoms with Crippen molar-refractivity contribution in [1.29, 1.82) is 0 Å².